The summed E-state index contributed by atoms with van der Waals surface area (Å²) in [6, 6.07) is 0. The van der Waals surface area contributed by atoms with Crippen molar-refractivity contribution < 1.29 is 13.2 Å². The predicted octanol–water partition coefficient (Wildman–Crippen LogP) is 1.13. The monoisotopic (exact) mass is 227 g/mol. The zero-order chi connectivity index (χ0) is 10.6. The van der Waals surface area contributed by atoms with Gasteiger partial charge in [0.1, 0.15) is 0 Å². The van der Waals surface area contributed by atoms with Crippen molar-refractivity contribution in [2.75, 3.05) is 32.4 Å². The van der Waals surface area contributed by atoms with Crippen LogP contribution in [0.2, 0.25) is 0 Å². The van der Waals surface area contributed by atoms with Crippen molar-refractivity contribution in [1.29, 1.82) is 0 Å². The first kappa shape index (κ1) is 11.5. The van der Waals surface area contributed by atoms with Gasteiger partial charge in [-0.15, -0.1) is 0 Å². The average Bonchev–Trinajstić information content (AvgIpc) is 2.44. The molecule has 0 saturated heterocycles. The third kappa shape index (κ3) is 4.08. The first-order chi connectivity index (χ1) is 6.49. The van der Waals surface area contributed by atoms with Gasteiger partial charge >= 0.3 is 5.51 Å². The lowest BCUT2D eigenvalue weighted by Crippen LogP contribution is -2.36. The highest BCUT2D eigenvalue weighted by Crippen LogP contribution is 2.29. The number of nitrogens with zero attached hydrogens (tertiary/aromatic N) is 2. The Hall–Kier alpha value is -0.590. The number of aliphatic imine (C=N–C) groups is 1. The number of alkyl halides is 3. The molecule has 3 nitrogen and oxygen atoms in total. The Bertz CT molecular complexity index is 217. The molecule has 7 heteroatoms. The van der Waals surface area contributed by atoms with Gasteiger partial charge in [-0.1, -0.05) is 0 Å². The van der Waals surface area contributed by atoms with E-state index in [9.17, 15) is 13.2 Å². The quantitative estimate of drug-likeness (QED) is 0.732. The van der Waals surface area contributed by atoms with Gasteiger partial charge in [-0.05, 0) is 11.8 Å². The van der Waals surface area contributed by atoms with E-state index in [2.05, 4.69) is 10.3 Å². The van der Waals surface area contributed by atoms with E-state index in [1.54, 1.807) is 0 Å². The molecule has 82 valence electrons. The molecule has 0 aliphatic carbocycles. The number of guanidine groups is 1. The average molecular weight is 227 g/mol. The van der Waals surface area contributed by atoms with Gasteiger partial charge in [-0.3, -0.25) is 4.99 Å². The van der Waals surface area contributed by atoms with Crippen molar-refractivity contribution in [3.8, 4) is 0 Å². The Morgan fingerprint density at radius 2 is 2.29 bits per heavy atom. The zero-order valence-electron chi connectivity index (χ0n) is 7.76. The molecule has 0 unspecified atom stereocenters. The maximum absolute atomic E-state index is 11.7. The minimum Gasteiger partial charge on any atom is -0.355 e. The molecule has 0 saturated carbocycles. The van der Waals surface area contributed by atoms with Gasteiger partial charge in [0.2, 0.25) is 0 Å². The predicted molar refractivity (Wildman–Crippen MR) is 51.4 cm³/mol. The molecule has 1 rings (SSSR count). The van der Waals surface area contributed by atoms with Crippen molar-refractivity contribution >= 4 is 17.7 Å². The Kier molecular flexibility index (Phi) is 3.91. The van der Waals surface area contributed by atoms with E-state index in [-0.39, 0.29) is 24.1 Å². The Balaban J connectivity index is 2.10. The van der Waals surface area contributed by atoms with E-state index < -0.39 is 5.51 Å². The highest BCUT2D eigenvalue weighted by molar-refractivity contribution is 8.00. The van der Waals surface area contributed by atoms with E-state index in [1.165, 1.54) is 0 Å². The number of halogens is 3. The van der Waals surface area contributed by atoms with Crippen LogP contribution in [0.15, 0.2) is 4.99 Å². The number of rotatable bonds is 3. The fraction of sp³-hybridized carbons (Fsp3) is 0.857. The second kappa shape index (κ2) is 4.77. The normalized spacial score (nSPS) is 17.1. The summed E-state index contributed by atoms with van der Waals surface area (Å²) in [6.45, 7) is 1.83. The number of hydrogen-bond donors (Lipinski definition) is 1. The molecule has 0 aromatic heterocycles. The lowest BCUT2D eigenvalue weighted by Gasteiger charge is -2.15. The lowest BCUT2D eigenvalue weighted by molar-refractivity contribution is -0.0327. The molecule has 0 fully saturated rings. The van der Waals surface area contributed by atoms with Crippen LogP contribution in [0.4, 0.5) is 13.2 Å². The van der Waals surface area contributed by atoms with Crippen molar-refractivity contribution in [3.63, 3.8) is 0 Å². The van der Waals surface area contributed by atoms with Gasteiger partial charge in [0, 0.05) is 25.9 Å². The van der Waals surface area contributed by atoms with Gasteiger partial charge in [0.25, 0.3) is 0 Å². The van der Waals surface area contributed by atoms with Crippen LogP contribution < -0.4 is 5.32 Å². The van der Waals surface area contributed by atoms with Crippen LogP contribution in [0.1, 0.15) is 0 Å². The highest BCUT2D eigenvalue weighted by atomic mass is 32.2. The van der Waals surface area contributed by atoms with Gasteiger partial charge in [-0.2, -0.15) is 13.2 Å². The first-order valence-corrected chi connectivity index (χ1v) is 5.18. The standard InChI is InChI=1S/C7H12F3N3S/c1-13-4-2-11-6(13)12-3-5-14-7(8,9)10/h2-5H2,1H3,(H,11,12). The smallest absolute Gasteiger partial charge is 0.355 e. The molecule has 0 amide bonds. The number of likely N-dealkylation sites (N-methyl/N-ethyl adjacent to an activating group) is 1. The molecule has 0 atom stereocenters. The number of hydrogen-bond acceptors (Lipinski definition) is 4. The van der Waals surface area contributed by atoms with Crippen LogP contribution in [-0.2, 0) is 0 Å². The largest absolute Gasteiger partial charge is 0.441 e. The molecule has 0 bridgehead atoms. The topological polar surface area (TPSA) is 27.6 Å². The molecule has 1 N–H and O–H groups in total. The van der Waals surface area contributed by atoms with E-state index in [1.807, 2.05) is 11.9 Å². The van der Waals surface area contributed by atoms with Crippen LogP contribution in [-0.4, -0.2) is 48.8 Å². The molecule has 1 aliphatic rings. The third-order valence-corrected chi connectivity index (χ3v) is 2.45. The Labute approximate surface area is 84.7 Å². The maximum Gasteiger partial charge on any atom is 0.441 e. The van der Waals surface area contributed by atoms with Crippen LogP contribution >= 0.6 is 11.8 Å². The van der Waals surface area contributed by atoms with E-state index in [0.29, 0.717) is 12.5 Å². The SMILES string of the molecule is CN1CCN=C1NCCSC(F)(F)F. The molecule has 14 heavy (non-hydrogen) atoms. The summed E-state index contributed by atoms with van der Waals surface area (Å²) >= 11 is -0.0179. The second-order valence-electron chi connectivity index (χ2n) is 2.85. The molecule has 0 aromatic rings. The van der Waals surface area contributed by atoms with Gasteiger partial charge in [-0.25, -0.2) is 0 Å². The fourth-order valence-corrected chi connectivity index (χ4v) is 1.49. The fourth-order valence-electron chi connectivity index (χ4n) is 1.05. The summed E-state index contributed by atoms with van der Waals surface area (Å²) in [5.74, 6) is 0.698. The van der Waals surface area contributed by atoms with Crippen molar-refractivity contribution in [3.05, 3.63) is 0 Å². The Morgan fingerprint density at radius 3 is 2.79 bits per heavy atom. The molecular formula is C7H12F3N3S. The zero-order valence-corrected chi connectivity index (χ0v) is 8.58. The van der Waals surface area contributed by atoms with Crippen LogP contribution in [0.5, 0.6) is 0 Å². The first-order valence-electron chi connectivity index (χ1n) is 4.19. The summed E-state index contributed by atoms with van der Waals surface area (Å²) < 4.78 is 35.2. The summed E-state index contributed by atoms with van der Waals surface area (Å²) in [7, 11) is 1.86. The minimum absolute atomic E-state index is 0.0103. The third-order valence-electron chi connectivity index (χ3n) is 1.71. The number of thioether (sulfide) groups is 1. The minimum atomic E-state index is -4.13. The molecule has 0 aromatic carbocycles. The molecular weight excluding hydrogens is 215 g/mol. The number of nitrogens with one attached hydrogen (secondary N) is 1. The van der Waals surface area contributed by atoms with Crippen molar-refractivity contribution in [2.45, 2.75) is 5.51 Å². The molecule has 1 aliphatic heterocycles. The summed E-state index contributed by atoms with van der Waals surface area (Å²) in [5.41, 5.74) is -4.13. The van der Waals surface area contributed by atoms with Gasteiger partial charge in [0.15, 0.2) is 5.96 Å². The molecule has 0 spiro atoms. The highest BCUT2D eigenvalue weighted by Gasteiger charge is 2.27. The maximum atomic E-state index is 11.7. The van der Waals surface area contributed by atoms with E-state index in [4.69, 9.17) is 0 Å². The van der Waals surface area contributed by atoms with Crippen molar-refractivity contribution in [2.24, 2.45) is 4.99 Å². The summed E-state index contributed by atoms with van der Waals surface area (Å²) in [6.07, 6.45) is 0. The Morgan fingerprint density at radius 1 is 1.57 bits per heavy atom. The van der Waals surface area contributed by atoms with E-state index in [0.717, 1.165) is 6.54 Å². The van der Waals surface area contributed by atoms with Gasteiger partial charge in [0.05, 0.1) is 6.54 Å². The van der Waals surface area contributed by atoms with E-state index >= 15 is 0 Å². The molecule has 0 radical (unpaired) electrons. The van der Waals surface area contributed by atoms with Crippen LogP contribution in [0, 0.1) is 0 Å². The summed E-state index contributed by atoms with van der Waals surface area (Å²) in [5, 5.41) is 2.86. The molecule has 1 heterocycles. The van der Waals surface area contributed by atoms with Gasteiger partial charge < -0.3 is 10.2 Å². The van der Waals surface area contributed by atoms with Crippen LogP contribution in [0.3, 0.4) is 0 Å². The lowest BCUT2D eigenvalue weighted by atomic mass is 10.6. The second-order valence-corrected chi connectivity index (χ2v) is 4.01. The summed E-state index contributed by atoms with van der Waals surface area (Å²) in [4.78, 5) is 5.98. The van der Waals surface area contributed by atoms with Crippen molar-refractivity contribution in [1.82, 2.24) is 10.2 Å². The van der Waals surface area contributed by atoms with Crippen LogP contribution in [0.25, 0.3) is 0 Å².